The number of benzene rings is 1. The number of halogens is 6. The minimum absolute atomic E-state index is 0.0240. The lowest BCUT2D eigenvalue weighted by Crippen LogP contribution is -2.29. The Morgan fingerprint density at radius 2 is 1.91 bits per heavy atom. The lowest BCUT2D eigenvalue weighted by Gasteiger charge is -2.16. The molecular weight excluding hydrogens is 576 g/mol. The van der Waals surface area contributed by atoms with E-state index in [0.717, 1.165) is 12.1 Å². The molecule has 3 aromatic rings. The van der Waals surface area contributed by atoms with Crippen LogP contribution in [0.5, 0.6) is 0 Å². The van der Waals surface area contributed by atoms with E-state index in [-0.39, 0.29) is 45.9 Å². The fourth-order valence-electron chi connectivity index (χ4n) is 3.30. The molecule has 0 saturated carbocycles. The lowest BCUT2D eigenvalue weighted by molar-refractivity contribution is -0.143. The molecule has 2 N–H and O–H groups in total. The minimum Gasteiger partial charge on any atom is -0.392 e. The van der Waals surface area contributed by atoms with Gasteiger partial charge >= 0.3 is 6.18 Å². The van der Waals surface area contributed by atoms with Gasteiger partial charge in [-0.15, -0.1) is 0 Å². The molecule has 13 heteroatoms. The van der Waals surface area contributed by atoms with Gasteiger partial charge in [0.25, 0.3) is 0 Å². The summed E-state index contributed by atoms with van der Waals surface area (Å²) < 4.78 is 69.7. The van der Waals surface area contributed by atoms with Gasteiger partial charge in [0.2, 0.25) is 0 Å². The largest absolute Gasteiger partial charge is 0.434 e. The van der Waals surface area contributed by atoms with Crippen molar-refractivity contribution in [2.75, 3.05) is 11.9 Å². The second kappa shape index (κ2) is 9.09. The summed E-state index contributed by atoms with van der Waals surface area (Å²) in [6.07, 6.45) is -3.43. The maximum atomic E-state index is 13.9. The predicted molar refractivity (Wildman–Crippen MR) is 120 cm³/mol. The van der Waals surface area contributed by atoms with Gasteiger partial charge in [0.1, 0.15) is 23.0 Å². The highest BCUT2D eigenvalue weighted by Crippen LogP contribution is 2.37. The van der Waals surface area contributed by atoms with Crippen LogP contribution in [0.2, 0.25) is 0 Å². The molecule has 1 aliphatic rings. The Bertz CT molecular complexity index is 1230. The molecular formula is C21H17F5IN5O2. The molecule has 180 valence electrons. The molecule has 0 aliphatic carbocycles. The second-order valence-electron chi connectivity index (χ2n) is 7.79. The molecule has 0 saturated heterocycles. The summed E-state index contributed by atoms with van der Waals surface area (Å²) >= 11 is 1.55. The van der Waals surface area contributed by atoms with E-state index in [1.165, 1.54) is 24.4 Å². The second-order valence-corrected chi connectivity index (χ2v) is 8.87. The van der Waals surface area contributed by atoms with Crippen molar-refractivity contribution in [3.63, 3.8) is 0 Å². The number of hydrogen-bond acceptors (Lipinski definition) is 6. The molecule has 1 aromatic carbocycles. The van der Waals surface area contributed by atoms with Gasteiger partial charge in [-0.2, -0.15) is 18.3 Å². The Morgan fingerprint density at radius 3 is 2.47 bits per heavy atom. The van der Waals surface area contributed by atoms with Crippen molar-refractivity contribution in [1.82, 2.24) is 14.8 Å². The van der Waals surface area contributed by atoms with E-state index in [9.17, 15) is 27.1 Å². The predicted octanol–water partition coefficient (Wildman–Crippen LogP) is 4.66. The molecule has 2 aromatic heterocycles. The maximum absolute atomic E-state index is 13.9. The average Bonchev–Trinajstić information content (AvgIpc) is 3.34. The molecule has 0 spiro atoms. The van der Waals surface area contributed by atoms with Gasteiger partial charge in [-0.05, 0) is 53.8 Å². The Balaban J connectivity index is 1.62. The molecule has 1 atom stereocenters. The van der Waals surface area contributed by atoms with E-state index >= 15 is 0 Å². The van der Waals surface area contributed by atoms with Crippen molar-refractivity contribution in [2.24, 2.45) is 5.16 Å². The standard InChI is InChI=1S/C21H17F5IN5O2/c1-20(10-33)7-15(31-34-20)18-17(27)19(21(24,25)26)32(30-18)16-6-5-11(8-29-16)28-9-12-13(22)3-2-4-14(12)23/h2-6,8,28,33H,7,9-10H2,1H3. The summed E-state index contributed by atoms with van der Waals surface area (Å²) in [4.78, 5) is 9.22. The fourth-order valence-corrected chi connectivity index (χ4v) is 4.25. The molecule has 0 radical (unpaired) electrons. The summed E-state index contributed by atoms with van der Waals surface area (Å²) in [6.45, 7) is 1.04. The van der Waals surface area contributed by atoms with Crippen LogP contribution in [0, 0.1) is 15.2 Å². The zero-order valence-electron chi connectivity index (χ0n) is 17.5. The van der Waals surface area contributed by atoms with Crippen molar-refractivity contribution in [3.8, 4) is 5.82 Å². The molecule has 0 fully saturated rings. The number of aliphatic hydroxyl groups excluding tert-OH is 1. The fraction of sp³-hybridized carbons (Fsp3) is 0.286. The maximum Gasteiger partial charge on any atom is 0.434 e. The molecule has 4 rings (SSSR count). The smallest absolute Gasteiger partial charge is 0.392 e. The van der Waals surface area contributed by atoms with E-state index in [1.54, 1.807) is 29.5 Å². The van der Waals surface area contributed by atoms with E-state index in [2.05, 4.69) is 20.6 Å². The zero-order valence-corrected chi connectivity index (χ0v) is 19.7. The van der Waals surface area contributed by atoms with Crippen LogP contribution in [0.3, 0.4) is 0 Å². The zero-order chi connectivity index (χ0) is 24.7. The Labute approximate surface area is 203 Å². The number of pyridine rings is 1. The Hall–Kier alpha value is -2.81. The van der Waals surface area contributed by atoms with Crippen LogP contribution in [0.15, 0.2) is 41.7 Å². The first-order valence-corrected chi connectivity index (χ1v) is 11.0. The average molecular weight is 593 g/mol. The Morgan fingerprint density at radius 1 is 1.21 bits per heavy atom. The number of hydrogen-bond donors (Lipinski definition) is 2. The van der Waals surface area contributed by atoms with Gasteiger partial charge in [-0.1, -0.05) is 11.2 Å². The van der Waals surface area contributed by atoms with Crippen molar-refractivity contribution in [3.05, 3.63) is 68.7 Å². The van der Waals surface area contributed by atoms with E-state index in [1.807, 2.05) is 0 Å². The van der Waals surface area contributed by atoms with Crippen LogP contribution in [-0.2, 0) is 17.6 Å². The molecule has 3 heterocycles. The van der Waals surface area contributed by atoms with Gasteiger partial charge in [0.15, 0.2) is 17.1 Å². The number of aromatic nitrogens is 3. The summed E-state index contributed by atoms with van der Waals surface area (Å²) in [5, 5.41) is 20.1. The third kappa shape index (κ3) is 4.71. The van der Waals surface area contributed by atoms with Crippen LogP contribution in [0.1, 0.15) is 30.3 Å². The molecule has 7 nitrogen and oxygen atoms in total. The number of oxime groups is 1. The number of alkyl halides is 3. The minimum atomic E-state index is -4.75. The van der Waals surface area contributed by atoms with Crippen molar-refractivity contribution < 1.29 is 31.9 Å². The molecule has 34 heavy (non-hydrogen) atoms. The summed E-state index contributed by atoms with van der Waals surface area (Å²) in [7, 11) is 0. The highest BCUT2D eigenvalue weighted by atomic mass is 127. The lowest BCUT2D eigenvalue weighted by atomic mass is 9.99. The number of rotatable bonds is 6. The van der Waals surface area contributed by atoms with E-state index in [0.29, 0.717) is 10.4 Å². The highest BCUT2D eigenvalue weighted by molar-refractivity contribution is 14.1. The number of nitrogens with zero attached hydrogens (tertiary/aromatic N) is 4. The third-order valence-corrected chi connectivity index (χ3v) is 6.14. The van der Waals surface area contributed by atoms with Crippen LogP contribution in [0.25, 0.3) is 5.82 Å². The first-order chi connectivity index (χ1) is 16.0. The number of nitrogens with one attached hydrogen (secondary N) is 1. The van der Waals surface area contributed by atoms with Gasteiger partial charge < -0.3 is 15.3 Å². The van der Waals surface area contributed by atoms with Crippen LogP contribution in [-0.4, -0.2) is 37.8 Å². The van der Waals surface area contributed by atoms with Crippen LogP contribution in [0.4, 0.5) is 27.6 Å². The van der Waals surface area contributed by atoms with Crippen LogP contribution < -0.4 is 5.32 Å². The highest BCUT2D eigenvalue weighted by Gasteiger charge is 2.43. The number of aliphatic hydroxyl groups is 1. The van der Waals surface area contributed by atoms with Crippen molar-refractivity contribution >= 4 is 34.0 Å². The topological polar surface area (TPSA) is 84.6 Å². The summed E-state index contributed by atoms with van der Waals surface area (Å²) in [6, 6.07) is 6.22. The third-order valence-electron chi connectivity index (χ3n) is 5.12. The van der Waals surface area contributed by atoms with Crippen molar-refractivity contribution in [2.45, 2.75) is 31.7 Å². The quantitative estimate of drug-likeness (QED) is 0.321. The van der Waals surface area contributed by atoms with Gasteiger partial charge in [-0.25, -0.2) is 18.4 Å². The van der Waals surface area contributed by atoms with E-state index in [4.69, 9.17) is 4.84 Å². The first kappa shape index (κ1) is 24.3. The summed E-state index contributed by atoms with van der Waals surface area (Å²) in [5.41, 5.74) is -1.75. The normalized spacial score (nSPS) is 18.1. The monoisotopic (exact) mass is 593 g/mol. The molecule has 1 aliphatic heterocycles. The van der Waals surface area contributed by atoms with Crippen LogP contribution >= 0.6 is 22.6 Å². The molecule has 1 unspecified atom stereocenters. The SMILES string of the molecule is CC1(CO)CC(c2nn(-c3ccc(NCc4c(F)cccc4F)cn3)c(C(F)(F)F)c2I)=NO1. The first-order valence-electron chi connectivity index (χ1n) is 9.87. The number of anilines is 1. The molecule has 0 amide bonds. The van der Waals surface area contributed by atoms with Gasteiger partial charge in [0.05, 0.1) is 22.1 Å². The van der Waals surface area contributed by atoms with Crippen molar-refractivity contribution in [1.29, 1.82) is 0 Å². The van der Waals surface area contributed by atoms with E-state index < -0.39 is 29.1 Å². The van der Waals surface area contributed by atoms with Gasteiger partial charge in [-0.3, -0.25) is 0 Å². The summed E-state index contributed by atoms with van der Waals surface area (Å²) in [5.74, 6) is -1.56. The van der Waals surface area contributed by atoms with Gasteiger partial charge in [0, 0.05) is 18.5 Å². The Kier molecular flexibility index (Phi) is 6.50. The molecule has 0 bridgehead atoms.